The van der Waals surface area contributed by atoms with Gasteiger partial charge < -0.3 is 0 Å². The third-order valence-electron chi connectivity index (χ3n) is 6.25. The minimum absolute atomic E-state index is 0.646. The van der Waals surface area contributed by atoms with Crippen molar-refractivity contribution < 1.29 is 0 Å². The van der Waals surface area contributed by atoms with Gasteiger partial charge in [-0.25, -0.2) is 0 Å². The Kier molecular flexibility index (Phi) is 2.43. The molecule has 0 heterocycles. The normalized spacial score (nSPS) is 44.8. The highest BCUT2D eigenvalue weighted by atomic mass is 14.6. The molecule has 0 N–H and O–H groups in total. The molecule has 3 rings (SSSR count). The van der Waals surface area contributed by atoms with Gasteiger partial charge in [-0.3, -0.25) is 0 Å². The van der Waals surface area contributed by atoms with Crippen molar-refractivity contribution in [3.05, 3.63) is 0 Å². The first-order valence-electron chi connectivity index (χ1n) is 7.54. The Hall–Kier alpha value is 0. The summed E-state index contributed by atoms with van der Waals surface area (Å²) in [6.45, 7) is 7.61. The van der Waals surface area contributed by atoms with Crippen LogP contribution in [0.5, 0.6) is 0 Å². The molecule has 16 heavy (non-hydrogen) atoms. The quantitative estimate of drug-likeness (QED) is 0.537. The Morgan fingerprint density at radius 2 is 1.50 bits per heavy atom. The molecular formula is C16H28. The van der Waals surface area contributed by atoms with Gasteiger partial charge in [0.1, 0.15) is 0 Å². The van der Waals surface area contributed by atoms with Crippen LogP contribution in [-0.2, 0) is 0 Å². The third-order valence-corrected chi connectivity index (χ3v) is 6.25. The standard InChI is InChI=1S/C16H28/c1-12-9-13-14(10-12)16(11-15(13,2)3)7-5-4-6-8-16/h12-14H,4-11H2,1-3H3. The Morgan fingerprint density at radius 3 is 2.19 bits per heavy atom. The molecule has 1 spiro atoms. The summed E-state index contributed by atoms with van der Waals surface area (Å²) in [6, 6.07) is 0. The Balaban J connectivity index is 1.90. The van der Waals surface area contributed by atoms with Gasteiger partial charge in [0.05, 0.1) is 0 Å². The van der Waals surface area contributed by atoms with Crippen LogP contribution in [0.25, 0.3) is 0 Å². The summed E-state index contributed by atoms with van der Waals surface area (Å²) in [7, 11) is 0. The lowest BCUT2D eigenvalue weighted by Crippen LogP contribution is -2.29. The van der Waals surface area contributed by atoms with E-state index in [0.29, 0.717) is 5.41 Å². The molecule has 0 aromatic carbocycles. The number of hydrogen-bond acceptors (Lipinski definition) is 0. The maximum absolute atomic E-state index is 2.56. The number of rotatable bonds is 0. The van der Waals surface area contributed by atoms with Gasteiger partial charge in [-0.15, -0.1) is 0 Å². The van der Waals surface area contributed by atoms with Gasteiger partial charge in [-0.05, 0) is 60.7 Å². The second-order valence-electron chi connectivity index (χ2n) is 7.88. The Labute approximate surface area is 101 Å². The molecule has 3 unspecified atom stereocenters. The molecule has 3 fully saturated rings. The van der Waals surface area contributed by atoms with Gasteiger partial charge in [0.25, 0.3) is 0 Å². The number of fused-ring (bicyclic) bond motifs is 2. The summed E-state index contributed by atoms with van der Waals surface area (Å²) >= 11 is 0. The number of hydrogen-bond donors (Lipinski definition) is 0. The van der Waals surface area contributed by atoms with E-state index in [1.165, 1.54) is 25.7 Å². The monoisotopic (exact) mass is 220 g/mol. The smallest absolute Gasteiger partial charge is 0.0261 e. The topological polar surface area (TPSA) is 0 Å². The molecule has 3 saturated carbocycles. The van der Waals surface area contributed by atoms with Crippen LogP contribution in [0.3, 0.4) is 0 Å². The molecule has 0 aliphatic heterocycles. The van der Waals surface area contributed by atoms with Crippen LogP contribution in [0.1, 0.15) is 72.1 Å². The Morgan fingerprint density at radius 1 is 0.875 bits per heavy atom. The zero-order chi connectivity index (χ0) is 11.4. The zero-order valence-corrected chi connectivity index (χ0v) is 11.4. The van der Waals surface area contributed by atoms with E-state index in [0.717, 1.165) is 23.2 Å². The van der Waals surface area contributed by atoms with Crippen molar-refractivity contribution in [3.8, 4) is 0 Å². The van der Waals surface area contributed by atoms with Gasteiger partial charge in [0.2, 0.25) is 0 Å². The van der Waals surface area contributed by atoms with Crippen LogP contribution in [0.4, 0.5) is 0 Å². The van der Waals surface area contributed by atoms with Crippen LogP contribution in [0.2, 0.25) is 0 Å². The summed E-state index contributed by atoms with van der Waals surface area (Å²) < 4.78 is 0. The highest BCUT2D eigenvalue weighted by Crippen LogP contribution is 2.67. The lowest BCUT2D eigenvalue weighted by Gasteiger charge is -2.39. The summed E-state index contributed by atoms with van der Waals surface area (Å²) in [6.07, 6.45) is 12.3. The van der Waals surface area contributed by atoms with E-state index >= 15 is 0 Å². The van der Waals surface area contributed by atoms with Crippen LogP contribution < -0.4 is 0 Å². The van der Waals surface area contributed by atoms with Gasteiger partial charge in [0.15, 0.2) is 0 Å². The largest absolute Gasteiger partial charge is 0.0625 e. The first-order chi connectivity index (χ1) is 7.54. The second-order valence-corrected chi connectivity index (χ2v) is 7.88. The summed E-state index contributed by atoms with van der Waals surface area (Å²) in [5.74, 6) is 3.16. The molecule has 3 atom stereocenters. The molecule has 3 aliphatic rings. The second kappa shape index (κ2) is 3.50. The fourth-order valence-electron chi connectivity index (χ4n) is 5.81. The van der Waals surface area contributed by atoms with E-state index < -0.39 is 0 Å². The lowest BCUT2D eigenvalue weighted by molar-refractivity contribution is 0.113. The van der Waals surface area contributed by atoms with Crippen molar-refractivity contribution in [1.29, 1.82) is 0 Å². The van der Waals surface area contributed by atoms with Crippen LogP contribution in [-0.4, -0.2) is 0 Å². The molecule has 0 radical (unpaired) electrons. The van der Waals surface area contributed by atoms with Crippen molar-refractivity contribution >= 4 is 0 Å². The van der Waals surface area contributed by atoms with Gasteiger partial charge in [-0.1, -0.05) is 40.0 Å². The fraction of sp³-hybridized carbons (Fsp3) is 1.00. The van der Waals surface area contributed by atoms with Gasteiger partial charge in [0, 0.05) is 0 Å². The molecule has 0 amide bonds. The molecule has 0 nitrogen and oxygen atoms in total. The zero-order valence-electron chi connectivity index (χ0n) is 11.4. The molecule has 0 saturated heterocycles. The maximum atomic E-state index is 2.56. The Bertz CT molecular complexity index is 270. The molecule has 92 valence electrons. The van der Waals surface area contributed by atoms with Crippen molar-refractivity contribution in [2.45, 2.75) is 72.1 Å². The minimum Gasteiger partial charge on any atom is -0.0625 e. The molecular weight excluding hydrogens is 192 g/mol. The average molecular weight is 220 g/mol. The van der Waals surface area contributed by atoms with E-state index in [2.05, 4.69) is 20.8 Å². The van der Waals surface area contributed by atoms with Gasteiger partial charge >= 0.3 is 0 Å². The van der Waals surface area contributed by atoms with E-state index in [-0.39, 0.29) is 0 Å². The fourth-order valence-corrected chi connectivity index (χ4v) is 5.81. The van der Waals surface area contributed by atoms with Crippen LogP contribution in [0.15, 0.2) is 0 Å². The van der Waals surface area contributed by atoms with Crippen LogP contribution in [0, 0.1) is 28.6 Å². The summed E-state index contributed by atoms with van der Waals surface area (Å²) in [5.41, 5.74) is 1.43. The molecule has 0 heteroatoms. The van der Waals surface area contributed by atoms with Crippen molar-refractivity contribution in [3.63, 3.8) is 0 Å². The molecule has 0 aromatic heterocycles. The van der Waals surface area contributed by atoms with Crippen molar-refractivity contribution in [2.24, 2.45) is 28.6 Å². The molecule has 0 bridgehead atoms. The molecule has 0 aromatic rings. The highest BCUT2D eigenvalue weighted by molar-refractivity contribution is 5.08. The van der Waals surface area contributed by atoms with E-state index in [9.17, 15) is 0 Å². The van der Waals surface area contributed by atoms with E-state index in [1.54, 1.807) is 25.7 Å². The van der Waals surface area contributed by atoms with Crippen molar-refractivity contribution in [1.82, 2.24) is 0 Å². The first kappa shape index (κ1) is 11.1. The minimum atomic E-state index is 0.646. The lowest BCUT2D eigenvalue weighted by atomic mass is 9.66. The third kappa shape index (κ3) is 1.48. The van der Waals surface area contributed by atoms with Crippen LogP contribution >= 0.6 is 0 Å². The summed E-state index contributed by atoms with van der Waals surface area (Å²) in [5, 5.41) is 0. The predicted octanol–water partition coefficient (Wildman–Crippen LogP) is 5.03. The average Bonchev–Trinajstić information content (AvgIpc) is 2.69. The first-order valence-corrected chi connectivity index (χ1v) is 7.54. The SMILES string of the molecule is CC1CC2C(C1)C1(CCCCC1)CC2(C)C. The van der Waals surface area contributed by atoms with Crippen molar-refractivity contribution in [2.75, 3.05) is 0 Å². The van der Waals surface area contributed by atoms with E-state index in [4.69, 9.17) is 0 Å². The maximum Gasteiger partial charge on any atom is -0.0261 e. The summed E-state index contributed by atoms with van der Waals surface area (Å²) in [4.78, 5) is 0. The van der Waals surface area contributed by atoms with E-state index in [1.807, 2.05) is 0 Å². The molecule has 3 aliphatic carbocycles. The predicted molar refractivity (Wildman–Crippen MR) is 69.3 cm³/mol. The van der Waals surface area contributed by atoms with Gasteiger partial charge in [-0.2, -0.15) is 0 Å². The highest BCUT2D eigenvalue weighted by Gasteiger charge is 2.58.